The van der Waals surface area contributed by atoms with Crippen molar-refractivity contribution in [2.45, 2.75) is 17.6 Å². The molecule has 0 saturated carbocycles. The van der Waals surface area contributed by atoms with Gasteiger partial charge in [0.2, 0.25) is 0 Å². The summed E-state index contributed by atoms with van der Waals surface area (Å²) in [5.74, 6) is 2.68. The predicted molar refractivity (Wildman–Crippen MR) is 103 cm³/mol. The Kier molecular flexibility index (Phi) is 7.86. The van der Waals surface area contributed by atoms with E-state index in [-0.39, 0.29) is 5.91 Å². The maximum atomic E-state index is 12.3. The van der Waals surface area contributed by atoms with Crippen LogP contribution in [0.15, 0.2) is 53.4 Å². The third-order valence-corrected chi connectivity index (χ3v) is 5.51. The molecule has 2 aromatic rings. The van der Waals surface area contributed by atoms with Crippen molar-refractivity contribution in [3.63, 3.8) is 0 Å². The smallest absolute Gasteiger partial charge is 0.252 e. The number of hydrogen-bond acceptors (Lipinski definition) is 3. The maximum absolute atomic E-state index is 12.3. The highest BCUT2D eigenvalue weighted by atomic mass is 35.5. The van der Waals surface area contributed by atoms with Gasteiger partial charge in [-0.2, -0.15) is 11.8 Å². The molecule has 2 rings (SSSR count). The molecule has 2 aromatic carbocycles. The summed E-state index contributed by atoms with van der Waals surface area (Å²) in [5, 5.41) is 3.79. The van der Waals surface area contributed by atoms with Crippen molar-refractivity contribution in [1.29, 1.82) is 0 Å². The van der Waals surface area contributed by atoms with E-state index in [1.165, 1.54) is 0 Å². The van der Waals surface area contributed by atoms with E-state index in [1.54, 1.807) is 23.5 Å². The molecule has 0 spiro atoms. The molecule has 0 unspecified atom stereocenters. The van der Waals surface area contributed by atoms with Gasteiger partial charge in [-0.3, -0.25) is 4.79 Å². The van der Waals surface area contributed by atoms with Crippen molar-refractivity contribution in [3.8, 4) is 0 Å². The van der Waals surface area contributed by atoms with Crippen LogP contribution < -0.4 is 5.32 Å². The van der Waals surface area contributed by atoms with Gasteiger partial charge in [-0.1, -0.05) is 48.9 Å². The van der Waals surface area contributed by atoms with Crippen LogP contribution in [0.25, 0.3) is 0 Å². The Morgan fingerprint density at radius 3 is 2.65 bits per heavy atom. The average molecular weight is 366 g/mol. The van der Waals surface area contributed by atoms with Crippen molar-refractivity contribution >= 4 is 41.0 Å². The van der Waals surface area contributed by atoms with Crippen LogP contribution in [0, 0.1) is 0 Å². The van der Waals surface area contributed by atoms with Gasteiger partial charge in [-0.15, -0.1) is 11.8 Å². The van der Waals surface area contributed by atoms with Crippen molar-refractivity contribution in [2.75, 3.05) is 18.1 Å². The molecule has 0 heterocycles. The maximum Gasteiger partial charge on any atom is 0.252 e. The lowest BCUT2D eigenvalue weighted by Gasteiger charge is -2.09. The third-order valence-electron chi connectivity index (χ3n) is 3.18. The van der Waals surface area contributed by atoms with Crippen LogP contribution in [0.4, 0.5) is 0 Å². The van der Waals surface area contributed by atoms with Crippen molar-refractivity contribution in [2.24, 2.45) is 0 Å². The first kappa shape index (κ1) is 18.2. The molecule has 0 atom stereocenters. The normalized spacial score (nSPS) is 10.5. The SMILES string of the molecule is CCSc1ccccc1C(=O)NCCSCc1ccccc1Cl. The van der Waals surface area contributed by atoms with Crippen molar-refractivity contribution in [1.82, 2.24) is 5.32 Å². The van der Waals surface area contributed by atoms with Crippen LogP contribution in [0.1, 0.15) is 22.8 Å². The quantitative estimate of drug-likeness (QED) is 0.520. The lowest BCUT2D eigenvalue weighted by molar-refractivity contribution is 0.0953. The zero-order valence-corrected chi connectivity index (χ0v) is 15.4. The molecule has 1 amide bonds. The Morgan fingerprint density at radius 2 is 1.87 bits per heavy atom. The van der Waals surface area contributed by atoms with Gasteiger partial charge in [-0.25, -0.2) is 0 Å². The second-order valence-electron chi connectivity index (χ2n) is 4.83. The first-order valence-electron chi connectivity index (χ1n) is 7.53. The van der Waals surface area contributed by atoms with Gasteiger partial charge < -0.3 is 5.32 Å². The van der Waals surface area contributed by atoms with Gasteiger partial charge in [0.25, 0.3) is 5.91 Å². The predicted octanol–water partition coefficient (Wildman–Crippen LogP) is 5.12. The molecule has 0 aliphatic rings. The molecule has 23 heavy (non-hydrogen) atoms. The lowest BCUT2D eigenvalue weighted by atomic mass is 10.2. The van der Waals surface area contributed by atoms with E-state index in [9.17, 15) is 4.79 Å². The zero-order chi connectivity index (χ0) is 16.5. The van der Waals surface area contributed by atoms with E-state index < -0.39 is 0 Å². The highest BCUT2D eigenvalue weighted by Gasteiger charge is 2.10. The van der Waals surface area contributed by atoms with E-state index in [2.05, 4.69) is 12.2 Å². The summed E-state index contributed by atoms with van der Waals surface area (Å²) >= 11 is 9.59. The van der Waals surface area contributed by atoms with Gasteiger partial charge in [0.05, 0.1) is 5.56 Å². The number of benzene rings is 2. The van der Waals surface area contributed by atoms with Gasteiger partial charge >= 0.3 is 0 Å². The molecule has 1 N–H and O–H groups in total. The number of carbonyl (C=O) groups is 1. The number of rotatable bonds is 8. The molecule has 0 aliphatic carbocycles. The molecule has 0 aromatic heterocycles. The van der Waals surface area contributed by atoms with E-state index in [1.807, 2.05) is 48.5 Å². The molecule has 5 heteroatoms. The molecule has 2 nitrogen and oxygen atoms in total. The van der Waals surface area contributed by atoms with E-state index in [0.717, 1.165) is 38.3 Å². The highest BCUT2D eigenvalue weighted by molar-refractivity contribution is 7.99. The Bertz CT molecular complexity index is 648. The number of amides is 1. The summed E-state index contributed by atoms with van der Waals surface area (Å²) < 4.78 is 0. The van der Waals surface area contributed by atoms with Crippen LogP contribution in [-0.2, 0) is 5.75 Å². The fourth-order valence-electron chi connectivity index (χ4n) is 2.07. The molecule has 0 saturated heterocycles. The number of thioether (sulfide) groups is 2. The lowest BCUT2D eigenvalue weighted by Crippen LogP contribution is -2.26. The van der Waals surface area contributed by atoms with Gasteiger partial charge in [0.1, 0.15) is 0 Å². The Morgan fingerprint density at radius 1 is 1.13 bits per heavy atom. The van der Waals surface area contributed by atoms with Gasteiger partial charge in [-0.05, 0) is 29.5 Å². The minimum atomic E-state index is -0.0000986. The number of carbonyl (C=O) groups excluding carboxylic acids is 1. The highest BCUT2D eigenvalue weighted by Crippen LogP contribution is 2.22. The summed E-state index contributed by atoms with van der Waals surface area (Å²) in [6.07, 6.45) is 0. The first-order valence-corrected chi connectivity index (χ1v) is 10.1. The van der Waals surface area contributed by atoms with Crippen LogP contribution >= 0.6 is 35.1 Å². The number of halogens is 1. The Balaban J connectivity index is 1.76. The molecule has 0 fully saturated rings. The Labute approximate surface area is 151 Å². The van der Waals surface area contributed by atoms with Crippen LogP contribution in [0.2, 0.25) is 5.02 Å². The largest absolute Gasteiger partial charge is 0.351 e. The fourth-order valence-corrected chi connectivity index (χ4v) is 4.01. The summed E-state index contributed by atoms with van der Waals surface area (Å²) in [5.41, 5.74) is 1.89. The minimum absolute atomic E-state index is 0.0000986. The summed E-state index contributed by atoms with van der Waals surface area (Å²) in [4.78, 5) is 13.3. The summed E-state index contributed by atoms with van der Waals surface area (Å²) in [7, 11) is 0. The van der Waals surface area contributed by atoms with E-state index in [0.29, 0.717) is 6.54 Å². The van der Waals surface area contributed by atoms with E-state index in [4.69, 9.17) is 11.6 Å². The third kappa shape index (κ3) is 5.79. The number of hydrogen-bond donors (Lipinski definition) is 1. The average Bonchev–Trinajstić information content (AvgIpc) is 2.57. The second kappa shape index (κ2) is 9.91. The second-order valence-corrected chi connectivity index (χ2v) is 7.65. The number of nitrogens with one attached hydrogen (secondary N) is 1. The van der Waals surface area contributed by atoms with Crippen LogP contribution in [0.3, 0.4) is 0 Å². The standard InChI is InChI=1S/C18H20ClNOS2/c1-2-23-17-10-6-4-8-15(17)18(21)20-11-12-22-13-14-7-3-5-9-16(14)19/h3-10H,2,11-13H2,1H3,(H,20,21). The Hall–Kier alpha value is -1.10. The zero-order valence-electron chi connectivity index (χ0n) is 13.0. The van der Waals surface area contributed by atoms with Gasteiger partial charge in [0.15, 0.2) is 0 Å². The van der Waals surface area contributed by atoms with Crippen molar-refractivity contribution < 1.29 is 4.79 Å². The topological polar surface area (TPSA) is 29.1 Å². The molecule has 0 radical (unpaired) electrons. The van der Waals surface area contributed by atoms with E-state index >= 15 is 0 Å². The summed E-state index contributed by atoms with van der Waals surface area (Å²) in [6, 6.07) is 15.6. The van der Waals surface area contributed by atoms with Gasteiger partial charge in [0, 0.05) is 28.0 Å². The van der Waals surface area contributed by atoms with Crippen LogP contribution in [-0.4, -0.2) is 24.0 Å². The minimum Gasteiger partial charge on any atom is -0.351 e. The molecule has 0 bridgehead atoms. The molecular weight excluding hydrogens is 346 g/mol. The summed E-state index contributed by atoms with van der Waals surface area (Å²) in [6.45, 7) is 2.74. The monoisotopic (exact) mass is 365 g/mol. The fraction of sp³-hybridized carbons (Fsp3) is 0.278. The molecular formula is C18H20ClNOS2. The first-order chi connectivity index (χ1) is 11.2. The molecule has 122 valence electrons. The molecule has 0 aliphatic heterocycles. The van der Waals surface area contributed by atoms with Crippen LogP contribution in [0.5, 0.6) is 0 Å². The van der Waals surface area contributed by atoms with Crippen molar-refractivity contribution in [3.05, 3.63) is 64.7 Å².